The van der Waals surface area contributed by atoms with Crippen molar-refractivity contribution in [1.29, 1.82) is 0 Å². The van der Waals surface area contributed by atoms with Crippen LogP contribution in [-0.4, -0.2) is 26.1 Å². The summed E-state index contributed by atoms with van der Waals surface area (Å²) >= 11 is 11.6. The van der Waals surface area contributed by atoms with Gasteiger partial charge in [0.05, 0.1) is 6.20 Å². The lowest BCUT2D eigenvalue weighted by Crippen LogP contribution is -2.10. The first kappa shape index (κ1) is 12.1. The first-order valence-corrected chi connectivity index (χ1v) is 5.80. The molecule has 7 heteroatoms. The van der Waals surface area contributed by atoms with Gasteiger partial charge in [-0.3, -0.25) is 0 Å². The van der Waals surface area contributed by atoms with E-state index in [4.69, 9.17) is 23.2 Å². The van der Waals surface area contributed by atoms with E-state index >= 15 is 0 Å². The molecule has 0 aliphatic rings. The predicted molar refractivity (Wildman–Crippen MR) is 67.5 cm³/mol. The molecule has 2 aromatic rings. The standard InChI is InChI=1S/C10H11Cl2N5/c1-17-5-4-13-8(17)2-3-14-9-7(11)6-15-10(12)16-9/h4-6H,2-3H2,1H3,(H,14,15,16). The van der Waals surface area contributed by atoms with E-state index in [-0.39, 0.29) is 5.28 Å². The molecule has 0 atom stereocenters. The van der Waals surface area contributed by atoms with Gasteiger partial charge >= 0.3 is 0 Å². The lowest BCUT2D eigenvalue weighted by Gasteiger charge is -2.07. The second-order valence-corrected chi connectivity index (χ2v) is 4.21. The van der Waals surface area contributed by atoms with Gasteiger partial charge in [0, 0.05) is 32.4 Å². The minimum atomic E-state index is 0.175. The van der Waals surface area contributed by atoms with E-state index in [2.05, 4.69) is 20.3 Å². The maximum Gasteiger partial charge on any atom is 0.224 e. The van der Waals surface area contributed by atoms with Crippen molar-refractivity contribution >= 4 is 29.0 Å². The van der Waals surface area contributed by atoms with Gasteiger partial charge < -0.3 is 9.88 Å². The monoisotopic (exact) mass is 271 g/mol. The second-order valence-electron chi connectivity index (χ2n) is 3.47. The van der Waals surface area contributed by atoms with Gasteiger partial charge in [0.1, 0.15) is 16.7 Å². The molecule has 0 unspecified atom stereocenters. The van der Waals surface area contributed by atoms with Crippen LogP contribution in [0.25, 0.3) is 0 Å². The topological polar surface area (TPSA) is 55.6 Å². The van der Waals surface area contributed by atoms with Crippen LogP contribution >= 0.6 is 23.2 Å². The Morgan fingerprint density at radius 3 is 2.88 bits per heavy atom. The molecule has 0 fully saturated rings. The molecule has 2 aromatic heterocycles. The Labute approximate surface area is 109 Å². The molecule has 2 rings (SSSR count). The highest BCUT2D eigenvalue weighted by molar-refractivity contribution is 6.33. The number of aromatic nitrogens is 4. The van der Waals surface area contributed by atoms with Crippen LogP contribution in [0.3, 0.4) is 0 Å². The highest BCUT2D eigenvalue weighted by Crippen LogP contribution is 2.19. The van der Waals surface area contributed by atoms with Gasteiger partial charge in [0.15, 0.2) is 0 Å². The van der Waals surface area contributed by atoms with Crippen molar-refractivity contribution in [3.05, 3.63) is 34.7 Å². The molecule has 17 heavy (non-hydrogen) atoms. The van der Waals surface area contributed by atoms with Crippen LogP contribution in [0.1, 0.15) is 5.82 Å². The smallest absolute Gasteiger partial charge is 0.224 e. The molecule has 5 nitrogen and oxygen atoms in total. The first-order valence-electron chi connectivity index (χ1n) is 5.05. The molecule has 0 saturated carbocycles. The Morgan fingerprint density at radius 1 is 1.35 bits per heavy atom. The summed E-state index contributed by atoms with van der Waals surface area (Å²) in [6.45, 7) is 0.678. The molecule has 0 saturated heterocycles. The number of nitrogens with one attached hydrogen (secondary N) is 1. The van der Waals surface area contributed by atoms with Crippen LogP contribution in [0.4, 0.5) is 5.82 Å². The third-order valence-corrected chi connectivity index (χ3v) is 2.74. The summed E-state index contributed by atoms with van der Waals surface area (Å²) in [6.07, 6.45) is 5.93. The van der Waals surface area contributed by atoms with Crippen molar-refractivity contribution in [3.63, 3.8) is 0 Å². The van der Waals surface area contributed by atoms with E-state index < -0.39 is 0 Å². The van der Waals surface area contributed by atoms with Gasteiger partial charge in [0.2, 0.25) is 5.28 Å². The van der Waals surface area contributed by atoms with Gasteiger partial charge in [-0.15, -0.1) is 0 Å². The van der Waals surface area contributed by atoms with Gasteiger partial charge in [-0.05, 0) is 11.6 Å². The zero-order chi connectivity index (χ0) is 12.3. The van der Waals surface area contributed by atoms with E-state index in [9.17, 15) is 0 Å². The fourth-order valence-corrected chi connectivity index (χ4v) is 1.69. The summed E-state index contributed by atoms with van der Waals surface area (Å²) in [7, 11) is 1.96. The third kappa shape index (κ3) is 3.08. The van der Waals surface area contributed by atoms with E-state index in [0.717, 1.165) is 12.2 Å². The number of anilines is 1. The number of imidazole rings is 1. The largest absolute Gasteiger partial charge is 0.368 e. The quantitative estimate of drug-likeness (QED) is 0.867. The molecule has 90 valence electrons. The van der Waals surface area contributed by atoms with E-state index in [1.54, 1.807) is 6.20 Å². The number of nitrogens with zero attached hydrogens (tertiary/aromatic N) is 4. The number of hydrogen-bond donors (Lipinski definition) is 1. The Balaban J connectivity index is 1.94. The Bertz CT molecular complexity index is 511. The van der Waals surface area contributed by atoms with E-state index in [1.165, 1.54) is 6.20 Å². The summed E-state index contributed by atoms with van der Waals surface area (Å²) in [5.74, 6) is 1.54. The fourth-order valence-electron chi connectivity index (χ4n) is 1.40. The van der Waals surface area contributed by atoms with Crippen LogP contribution in [0, 0.1) is 0 Å². The molecule has 0 amide bonds. The normalized spacial score (nSPS) is 10.5. The molecular weight excluding hydrogens is 261 g/mol. The molecule has 0 aromatic carbocycles. The van der Waals surface area contributed by atoms with E-state index in [1.807, 2.05) is 17.8 Å². The van der Waals surface area contributed by atoms with Crippen molar-refractivity contribution in [2.24, 2.45) is 7.05 Å². The molecule has 1 N–H and O–H groups in total. The summed E-state index contributed by atoms with van der Waals surface area (Å²) in [4.78, 5) is 12.0. The lowest BCUT2D eigenvalue weighted by molar-refractivity contribution is 0.788. The molecule has 0 aliphatic carbocycles. The summed E-state index contributed by atoms with van der Waals surface area (Å²) in [5.41, 5.74) is 0. The SMILES string of the molecule is Cn1ccnc1CCNc1nc(Cl)ncc1Cl. The third-order valence-electron chi connectivity index (χ3n) is 2.28. The minimum Gasteiger partial charge on any atom is -0.368 e. The van der Waals surface area contributed by atoms with Crippen LogP contribution in [0.5, 0.6) is 0 Å². The van der Waals surface area contributed by atoms with Crippen molar-refractivity contribution in [2.45, 2.75) is 6.42 Å². The van der Waals surface area contributed by atoms with Gasteiger partial charge in [0.25, 0.3) is 0 Å². The summed E-state index contributed by atoms with van der Waals surface area (Å²) < 4.78 is 1.97. The molecule has 2 heterocycles. The molecule has 0 aliphatic heterocycles. The highest BCUT2D eigenvalue weighted by atomic mass is 35.5. The van der Waals surface area contributed by atoms with Crippen LogP contribution in [0.2, 0.25) is 10.3 Å². The Kier molecular flexibility index (Phi) is 3.81. The van der Waals surface area contributed by atoms with Crippen molar-refractivity contribution in [2.75, 3.05) is 11.9 Å². The lowest BCUT2D eigenvalue weighted by atomic mass is 10.4. The fraction of sp³-hybridized carbons (Fsp3) is 0.300. The molecule has 0 radical (unpaired) electrons. The van der Waals surface area contributed by atoms with Crippen molar-refractivity contribution in [3.8, 4) is 0 Å². The summed E-state index contributed by atoms with van der Waals surface area (Å²) in [6, 6.07) is 0. The molecular formula is C10H11Cl2N5. The maximum absolute atomic E-state index is 5.92. The zero-order valence-electron chi connectivity index (χ0n) is 9.19. The predicted octanol–water partition coefficient (Wildman–Crippen LogP) is 2.17. The number of halogens is 2. The average Bonchev–Trinajstić information content (AvgIpc) is 2.70. The highest BCUT2D eigenvalue weighted by Gasteiger charge is 2.04. The maximum atomic E-state index is 5.92. The Morgan fingerprint density at radius 2 is 2.18 bits per heavy atom. The van der Waals surface area contributed by atoms with Gasteiger partial charge in [-0.25, -0.2) is 9.97 Å². The number of aryl methyl sites for hydroxylation is 1. The number of hydrogen-bond acceptors (Lipinski definition) is 4. The minimum absolute atomic E-state index is 0.175. The van der Waals surface area contributed by atoms with Crippen LogP contribution in [-0.2, 0) is 13.5 Å². The average molecular weight is 272 g/mol. The van der Waals surface area contributed by atoms with E-state index in [0.29, 0.717) is 17.4 Å². The van der Waals surface area contributed by atoms with Crippen molar-refractivity contribution < 1.29 is 0 Å². The molecule has 0 bridgehead atoms. The van der Waals surface area contributed by atoms with Crippen molar-refractivity contribution in [1.82, 2.24) is 19.5 Å². The van der Waals surface area contributed by atoms with Gasteiger partial charge in [-0.2, -0.15) is 4.98 Å². The first-order chi connectivity index (χ1) is 8.16. The van der Waals surface area contributed by atoms with Gasteiger partial charge in [-0.1, -0.05) is 11.6 Å². The Hall–Kier alpha value is -1.33. The van der Waals surface area contributed by atoms with Crippen LogP contribution < -0.4 is 5.32 Å². The molecule has 0 spiro atoms. The second kappa shape index (κ2) is 5.33. The zero-order valence-corrected chi connectivity index (χ0v) is 10.7. The van der Waals surface area contributed by atoms with Crippen LogP contribution in [0.15, 0.2) is 18.6 Å². The number of rotatable bonds is 4. The summed E-state index contributed by atoms with van der Waals surface area (Å²) in [5, 5.41) is 3.73.